The average molecular weight is 264 g/mol. The molecule has 0 aliphatic carbocycles. The van der Waals surface area contributed by atoms with Gasteiger partial charge in [0.25, 0.3) is 0 Å². The van der Waals surface area contributed by atoms with E-state index in [9.17, 15) is 8.78 Å². The molecule has 2 aromatic rings. The van der Waals surface area contributed by atoms with Crippen molar-refractivity contribution in [1.82, 2.24) is 4.98 Å². The molecule has 5 heteroatoms. The number of ether oxygens (including phenoxy) is 1. The van der Waals surface area contributed by atoms with Crippen molar-refractivity contribution in [2.45, 2.75) is 19.6 Å². The maximum atomic E-state index is 13.7. The van der Waals surface area contributed by atoms with Crippen LogP contribution in [0.2, 0.25) is 0 Å². The molecule has 0 saturated heterocycles. The minimum Gasteiger partial charge on any atom is -0.489 e. The molecule has 0 saturated carbocycles. The highest BCUT2D eigenvalue weighted by Crippen LogP contribution is 2.21. The van der Waals surface area contributed by atoms with Crippen LogP contribution in [-0.2, 0) is 6.61 Å². The summed E-state index contributed by atoms with van der Waals surface area (Å²) in [6.07, 6.45) is 2.61. The summed E-state index contributed by atoms with van der Waals surface area (Å²) in [4.78, 5) is 3.71. The monoisotopic (exact) mass is 264 g/mol. The van der Waals surface area contributed by atoms with Crippen LogP contribution in [0.5, 0.6) is 5.75 Å². The summed E-state index contributed by atoms with van der Waals surface area (Å²) in [7, 11) is 0. The quantitative estimate of drug-likeness (QED) is 0.923. The van der Waals surface area contributed by atoms with E-state index < -0.39 is 11.6 Å². The van der Waals surface area contributed by atoms with Gasteiger partial charge in [0, 0.05) is 29.4 Å². The third-order valence-corrected chi connectivity index (χ3v) is 2.63. The van der Waals surface area contributed by atoms with Gasteiger partial charge in [0.15, 0.2) is 0 Å². The third-order valence-electron chi connectivity index (χ3n) is 2.63. The maximum Gasteiger partial charge on any atom is 0.141 e. The van der Waals surface area contributed by atoms with Crippen molar-refractivity contribution < 1.29 is 13.5 Å². The molecule has 2 N–H and O–H groups in total. The summed E-state index contributed by atoms with van der Waals surface area (Å²) >= 11 is 0. The number of nitrogens with two attached hydrogens (primary N) is 1. The molecule has 1 unspecified atom stereocenters. The molecular weight excluding hydrogens is 250 g/mol. The Morgan fingerprint density at radius 3 is 2.68 bits per heavy atom. The fourth-order valence-corrected chi connectivity index (χ4v) is 1.67. The van der Waals surface area contributed by atoms with Crippen molar-refractivity contribution in [2.75, 3.05) is 0 Å². The number of benzene rings is 1. The van der Waals surface area contributed by atoms with Gasteiger partial charge in [-0.3, -0.25) is 4.98 Å². The van der Waals surface area contributed by atoms with Crippen molar-refractivity contribution in [3.05, 3.63) is 59.4 Å². The lowest BCUT2D eigenvalue weighted by atomic mass is 10.1. The zero-order valence-electron chi connectivity index (χ0n) is 10.4. The molecule has 0 bridgehead atoms. The average Bonchev–Trinajstić information content (AvgIpc) is 2.36. The van der Waals surface area contributed by atoms with Crippen molar-refractivity contribution in [3.8, 4) is 5.75 Å². The molecule has 1 heterocycles. The smallest absolute Gasteiger partial charge is 0.141 e. The first kappa shape index (κ1) is 13.4. The zero-order chi connectivity index (χ0) is 13.8. The van der Waals surface area contributed by atoms with Crippen LogP contribution in [0.4, 0.5) is 8.78 Å². The summed E-state index contributed by atoms with van der Waals surface area (Å²) in [5.74, 6) is -0.476. The number of hydrogen-bond acceptors (Lipinski definition) is 3. The lowest BCUT2D eigenvalue weighted by molar-refractivity contribution is 0.303. The number of hydrogen-bond donors (Lipinski definition) is 1. The second kappa shape index (κ2) is 5.75. The molecule has 1 aromatic heterocycles. The SMILES string of the molecule is CC(N)c1ccc(OCc2cncc(F)c2)cc1F. The molecule has 1 aromatic carbocycles. The fraction of sp³-hybridized carbons (Fsp3) is 0.214. The van der Waals surface area contributed by atoms with E-state index in [0.29, 0.717) is 16.9 Å². The minimum atomic E-state index is -0.431. The van der Waals surface area contributed by atoms with Gasteiger partial charge < -0.3 is 10.5 Å². The van der Waals surface area contributed by atoms with Crippen LogP contribution in [0.15, 0.2) is 36.7 Å². The minimum absolute atomic E-state index is 0.127. The predicted molar refractivity (Wildman–Crippen MR) is 67.5 cm³/mol. The van der Waals surface area contributed by atoms with E-state index in [1.165, 1.54) is 18.3 Å². The molecule has 0 fully saturated rings. The van der Waals surface area contributed by atoms with Gasteiger partial charge in [-0.25, -0.2) is 8.78 Å². The first-order valence-electron chi connectivity index (χ1n) is 5.83. The molecule has 19 heavy (non-hydrogen) atoms. The molecule has 0 amide bonds. The van der Waals surface area contributed by atoms with Crippen LogP contribution in [0, 0.1) is 11.6 Å². The molecule has 0 aliphatic heterocycles. The van der Waals surface area contributed by atoms with Crippen molar-refractivity contribution in [2.24, 2.45) is 5.73 Å². The number of halogens is 2. The lowest BCUT2D eigenvalue weighted by Crippen LogP contribution is -2.07. The van der Waals surface area contributed by atoms with Crippen molar-refractivity contribution >= 4 is 0 Å². The van der Waals surface area contributed by atoms with Crippen LogP contribution in [0.1, 0.15) is 24.1 Å². The normalized spacial score (nSPS) is 12.2. The van der Waals surface area contributed by atoms with Gasteiger partial charge >= 0.3 is 0 Å². The van der Waals surface area contributed by atoms with Gasteiger partial charge in [0.2, 0.25) is 0 Å². The Morgan fingerprint density at radius 1 is 1.26 bits per heavy atom. The van der Waals surface area contributed by atoms with Gasteiger partial charge in [-0.15, -0.1) is 0 Å². The summed E-state index contributed by atoms with van der Waals surface area (Å²) in [5, 5.41) is 0. The van der Waals surface area contributed by atoms with E-state index in [-0.39, 0.29) is 12.6 Å². The topological polar surface area (TPSA) is 48.1 Å². The first-order valence-corrected chi connectivity index (χ1v) is 5.83. The Morgan fingerprint density at radius 2 is 2.05 bits per heavy atom. The van der Waals surface area contributed by atoms with E-state index in [0.717, 1.165) is 6.20 Å². The van der Waals surface area contributed by atoms with Crippen LogP contribution in [0.3, 0.4) is 0 Å². The summed E-state index contributed by atoms with van der Waals surface area (Å²) in [6.45, 7) is 1.83. The highest BCUT2D eigenvalue weighted by atomic mass is 19.1. The Kier molecular flexibility index (Phi) is 4.06. The molecule has 100 valence electrons. The number of rotatable bonds is 4. The second-order valence-corrected chi connectivity index (χ2v) is 4.27. The van der Waals surface area contributed by atoms with Gasteiger partial charge in [-0.05, 0) is 19.1 Å². The van der Waals surface area contributed by atoms with Crippen LogP contribution >= 0.6 is 0 Å². The zero-order valence-corrected chi connectivity index (χ0v) is 10.4. The molecule has 3 nitrogen and oxygen atoms in total. The Hall–Kier alpha value is -2.01. The first-order chi connectivity index (χ1) is 9.06. The summed E-state index contributed by atoms with van der Waals surface area (Å²) in [6, 6.07) is 5.43. The summed E-state index contributed by atoms with van der Waals surface area (Å²) in [5.41, 5.74) is 6.63. The van der Waals surface area contributed by atoms with E-state index in [2.05, 4.69) is 4.98 Å². The fourth-order valence-electron chi connectivity index (χ4n) is 1.67. The second-order valence-electron chi connectivity index (χ2n) is 4.27. The van der Waals surface area contributed by atoms with Gasteiger partial charge in [0.05, 0.1) is 6.20 Å². The maximum absolute atomic E-state index is 13.7. The predicted octanol–water partition coefficient (Wildman–Crippen LogP) is 2.96. The highest BCUT2D eigenvalue weighted by molar-refractivity contribution is 5.30. The number of pyridine rings is 1. The molecule has 0 aliphatic rings. The molecule has 0 radical (unpaired) electrons. The standard InChI is InChI=1S/C14H14F2N2O/c1-9(17)13-3-2-12(5-14(13)16)19-8-10-4-11(15)7-18-6-10/h2-7,9H,8,17H2,1H3. The lowest BCUT2D eigenvalue weighted by Gasteiger charge is -2.10. The summed E-state index contributed by atoms with van der Waals surface area (Å²) < 4.78 is 31.9. The Bertz CT molecular complexity index is 573. The highest BCUT2D eigenvalue weighted by Gasteiger charge is 2.08. The van der Waals surface area contributed by atoms with Gasteiger partial charge in [0.1, 0.15) is 24.0 Å². The van der Waals surface area contributed by atoms with E-state index in [1.54, 1.807) is 19.1 Å². The van der Waals surface area contributed by atoms with E-state index in [4.69, 9.17) is 10.5 Å². The van der Waals surface area contributed by atoms with Crippen molar-refractivity contribution in [3.63, 3.8) is 0 Å². The van der Waals surface area contributed by atoms with Gasteiger partial charge in [-0.1, -0.05) is 6.07 Å². The molecular formula is C14H14F2N2O. The molecule has 1 atom stereocenters. The van der Waals surface area contributed by atoms with Crippen LogP contribution in [0.25, 0.3) is 0 Å². The van der Waals surface area contributed by atoms with Crippen molar-refractivity contribution in [1.29, 1.82) is 0 Å². The Labute approximate surface area is 110 Å². The van der Waals surface area contributed by atoms with Crippen LogP contribution in [-0.4, -0.2) is 4.98 Å². The number of aromatic nitrogens is 1. The largest absolute Gasteiger partial charge is 0.489 e. The third kappa shape index (κ3) is 3.48. The van der Waals surface area contributed by atoms with Gasteiger partial charge in [-0.2, -0.15) is 0 Å². The van der Waals surface area contributed by atoms with Crippen LogP contribution < -0.4 is 10.5 Å². The Balaban J connectivity index is 2.06. The van der Waals surface area contributed by atoms with E-state index >= 15 is 0 Å². The van der Waals surface area contributed by atoms with E-state index in [1.807, 2.05) is 0 Å². The number of nitrogens with zero attached hydrogens (tertiary/aromatic N) is 1. The molecule has 2 rings (SSSR count). The molecule has 0 spiro atoms.